The number of carbonyl (C=O) groups is 1. The zero-order valence-electron chi connectivity index (χ0n) is 14.6. The summed E-state index contributed by atoms with van der Waals surface area (Å²) < 4.78 is 2.58. The molecule has 4 N–H and O–H groups in total. The smallest absolute Gasteiger partial charge is 0.272 e. The molecular formula is C18H13BrN8O. The number of nitrogens with one attached hydrogen (secondary N) is 2. The Kier molecular flexibility index (Phi) is 4.29. The fourth-order valence-corrected chi connectivity index (χ4v) is 3.49. The fraction of sp³-hybridized carbons (Fsp3) is 0.0556. The Morgan fingerprint density at radius 2 is 2.14 bits per heavy atom. The molecule has 0 aliphatic rings. The Morgan fingerprint density at radius 3 is 2.82 bits per heavy atom. The van der Waals surface area contributed by atoms with Crippen LogP contribution in [0.2, 0.25) is 0 Å². The summed E-state index contributed by atoms with van der Waals surface area (Å²) in [6, 6.07) is 12.3. The quantitative estimate of drug-likeness (QED) is 0.422. The van der Waals surface area contributed by atoms with Crippen molar-refractivity contribution in [1.82, 2.24) is 25.2 Å². The maximum absolute atomic E-state index is 13.0. The number of carbonyl (C=O) groups excluding carboxylic acids is 1. The van der Waals surface area contributed by atoms with Crippen LogP contribution in [0.4, 0.5) is 11.4 Å². The molecule has 0 unspecified atom stereocenters. The Bertz CT molecular complexity index is 1250. The van der Waals surface area contributed by atoms with E-state index >= 15 is 0 Å². The van der Waals surface area contributed by atoms with Crippen molar-refractivity contribution in [1.29, 1.82) is 5.26 Å². The number of amides is 1. The van der Waals surface area contributed by atoms with Crippen LogP contribution in [0.15, 0.2) is 40.9 Å². The highest BCUT2D eigenvalue weighted by molar-refractivity contribution is 9.10. The van der Waals surface area contributed by atoms with Crippen LogP contribution in [0.1, 0.15) is 16.1 Å². The predicted octanol–water partition coefficient (Wildman–Crippen LogP) is 2.83. The number of rotatable bonds is 3. The first-order valence-electron chi connectivity index (χ1n) is 8.12. The Labute approximate surface area is 167 Å². The van der Waals surface area contributed by atoms with E-state index < -0.39 is 0 Å². The third-order valence-electron chi connectivity index (χ3n) is 4.39. The second kappa shape index (κ2) is 6.79. The number of nitriles is 1. The average molecular weight is 437 g/mol. The highest BCUT2D eigenvalue weighted by atomic mass is 79.9. The normalized spacial score (nSPS) is 10.8. The predicted molar refractivity (Wildman–Crippen MR) is 107 cm³/mol. The van der Waals surface area contributed by atoms with E-state index in [2.05, 4.69) is 47.9 Å². The molecular weight excluding hydrogens is 424 g/mol. The van der Waals surface area contributed by atoms with Gasteiger partial charge in [0.1, 0.15) is 5.69 Å². The number of aromatic amines is 1. The van der Waals surface area contributed by atoms with Gasteiger partial charge >= 0.3 is 0 Å². The molecule has 0 bridgehead atoms. The van der Waals surface area contributed by atoms with Crippen molar-refractivity contribution in [2.75, 3.05) is 11.1 Å². The second-order valence-electron chi connectivity index (χ2n) is 6.05. The highest BCUT2D eigenvalue weighted by Crippen LogP contribution is 2.32. The molecule has 138 valence electrons. The number of H-pyrrole nitrogens is 1. The van der Waals surface area contributed by atoms with Gasteiger partial charge in [0.15, 0.2) is 0 Å². The fourth-order valence-electron chi connectivity index (χ4n) is 3.05. The van der Waals surface area contributed by atoms with Gasteiger partial charge in [0, 0.05) is 22.5 Å². The van der Waals surface area contributed by atoms with Crippen molar-refractivity contribution < 1.29 is 4.79 Å². The molecule has 2 heterocycles. The lowest BCUT2D eigenvalue weighted by Crippen LogP contribution is -2.16. The van der Waals surface area contributed by atoms with E-state index in [0.29, 0.717) is 28.2 Å². The summed E-state index contributed by atoms with van der Waals surface area (Å²) in [6.07, 6.45) is 0. The van der Waals surface area contributed by atoms with Gasteiger partial charge in [-0.25, -0.2) is 0 Å². The van der Waals surface area contributed by atoms with Gasteiger partial charge in [0.05, 0.1) is 28.5 Å². The summed E-state index contributed by atoms with van der Waals surface area (Å²) in [5, 5.41) is 26.6. The van der Waals surface area contributed by atoms with Crippen molar-refractivity contribution in [3.8, 4) is 17.5 Å². The SMILES string of the molecule is Cn1c(C(=O)Nc2ccc(C#N)cc2-c2nn[nH]n2)cc2c(Br)ccc(N)c21. The van der Waals surface area contributed by atoms with Crippen LogP contribution < -0.4 is 11.1 Å². The van der Waals surface area contributed by atoms with Gasteiger partial charge in [-0.3, -0.25) is 4.79 Å². The minimum absolute atomic E-state index is 0.274. The minimum Gasteiger partial charge on any atom is -0.397 e. The van der Waals surface area contributed by atoms with Crippen molar-refractivity contribution >= 4 is 44.1 Å². The Hall–Kier alpha value is -3.71. The number of aromatic nitrogens is 5. The first-order chi connectivity index (χ1) is 13.5. The number of benzene rings is 2. The molecule has 10 heteroatoms. The number of hydrogen-bond acceptors (Lipinski definition) is 6. The largest absolute Gasteiger partial charge is 0.397 e. The third kappa shape index (κ3) is 2.87. The van der Waals surface area contributed by atoms with Gasteiger partial charge in [-0.05, 0) is 41.6 Å². The molecule has 9 nitrogen and oxygen atoms in total. The monoisotopic (exact) mass is 436 g/mol. The number of fused-ring (bicyclic) bond motifs is 1. The van der Waals surface area contributed by atoms with Crippen LogP contribution >= 0.6 is 15.9 Å². The molecule has 2 aromatic carbocycles. The zero-order chi connectivity index (χ0) is 19.8. The van der Waals surface area contributed by atoms with Gasteiger partial charge in [-0.15, -0.1) is 10.2 Å². The molecule has 4 aromatic rings. The number of tetrazole rings is 1. The Morgan fingerprint density at radius 1 is 1.32 bits per heavy atom. The number of nitrogens with zero attached hydrogens (tertiary/aromatic N) is 5. The van der Waals surface area contributed by atoms with E-state index in [4.69, 9.17) is 11.0 Å². The first-order valence-corrected chi connectivity index (χ1v) is 8.91. The Balaban J connectivity index is 1.77. The van der Waals surface area contributed by atoms with E-state index in [-0.39, 0.29) is 11.7 Å². The summed E-state index contributed by atoms with van der Waals surface area (Å²) in [6.45, 7) is 0. The lowest BCUT2D eigenvalue weighted by molar-refractivity contribution is 0.102. The number of halogens is 1. The third-order valence-corrected chi connectivity index (χ3v) is 5.08. The maximum Gasteiger partial charge on any atom is 0.272 e. The van der Waals surface area contributed by atoms with Crippen LogP contribution in [-0.4, -0.2) is 31.1 Å². The summed E-state index contributed by atoms with van der Waals surface area (Å²) in [5.74, 6) is -0.0594. The molecule has 1 amide bonds. The molecule has 0 atom stereocenters. The summed E-state index contributed by atoms with van der Waals surface area (Å²) in [7, 11) is 1.78. The molecule has 4 rings (SSSR count). The van der Waals surface area contributed by atoms with Crippen LogP contribution in [0, 0.1) is 11.3 Å². The summed E-state index contributed by atoms with van der Waals surface area (Å²) in [4.78, 5) is 13.0. The van der Waals surface area contributed by atoms with E-state index in [1.54, 1.807) is 41.9 Å². The van der Waals surface area contributed by atoms with Gasteiger partial charge in [0.2, 0.25) is 5.82 Å². The van der Waals surface area contributed by atoms with Crippen LogP contribution in [0.25, 0.3) is 22.3 Å². The van der Waals surface area contributed by atoms with Crippen LogP contribution in [0.3, 0.4) is 0 Å². The van der Waals surface area contributed by atoms with E-state index in [1.165, 1.54) is 0 Å². The zero-order valence-corrected chi connectivity index (χ0v) is 16.1. The lowest BCUT2D eigenvalue weighted by Gasteiger charge is -2.10. The molecule has 0 saturated carbocycles. The molecule has 0 fully saturated rings. The summed E-state index contributed by atoms with van der Waals surface area (Å²) >= 11 is 3.49. The van der Waals surface area contributed by atoms with E-state index in [9.17, 15) is 4.79 Å². The molecule has 0 aliphatic carbocycles. The van der Waals surface area contributed by atoms with Gasteiger partial charge < -0.3 is 15.6 Å². The number of nitrogen functional groups attached to an aromatic ring is 1. The van der Waals surface area contributed by atoms with Gasteiger partial charge in [0.25, 0.3) is 5.91 Å². The first kappa shape index (κ1) is 17.7. The highest BCUT2D eigenvalue weighted by Gasteiger charge is 2.19. The molecule has 0 saturated heterocycles. The number of nitrogens with two attached hydrogens (primary N) is 1. The number of hydrogen-bond donors (Lipinski definition) is 3. The number of anilines is 2. The maximum atomic E-state index is 13.0. The molecule has 0 aliphatic heterocycles. The van der Waals surface area contributed by atoms with E-state index in [0.717, 1.165) is 15.4 Å². The van der Waals surface area contributed by atoms with Gasteiger partial charge in [-0.1, -0.05) is 15.9 Å². The van der Waals surface area contributed by atoms with Crippen LogP contribution in [0.5, 0.6) is 0 Å². The standard InChI is InChI=1S/C18H13BrN8O/c1-27-15(7-10-12(19)3-4-13(21)16(10)27)18(28)22-14-5-2-9(8-20)6-11(14)17-23-25-26-24-17/h2-7H,21H2,1H3,(H,22,28)(H,23,24,25,26). The average Bonchev–Trinajstić information content (AvgIpc) is 3.34. The van der Waals surface area contributed by atoms with E-state index in [1.807, 2.05) is 6.07 Å². The molecule has 0 spiro atoms. The van der Waals surface area contributed by atoms with Gasteiger partial charge in [-0.2, -0.15) is 10.5 Å². The molecule has 2 aromatic heterocycles. The van der Waals surface area contributed by atoms with Crippen molar-refractivity contribution in [3.05, 3.63) is 52.1 Å². The second-order valence-corrected chi connectivity index (χ2v) is 6.90. The van der Waals surface area contributed by atoms with Crippen molar-refractivity contribution in [2.45, 2.75) is 0 Å². The minimum atomic E-state index is -0.334. The summed E-state index contributed by atoms with van der Waals surface area (Å²) in [5.41, 5.74) is 9.21. The van der Waals surface area contributed by atoms with Crippen molar-refractivity contribution in [2.24, 2.45) is 7.05 Å². The molecule has 0 radical (unpaired) electrons. The van der Waals surface area contributed by atoms with Crippen LogP contribution in [-0.2, 0) is 7.05 Å². The molecule has 28 heavy (non-hydrogen) atoms. The number of aryl methyl sites for hydroxylation is 1. The lowest BCUT2D eigenvalue weighted by atomic mass is 10.1. The van der Waals surface area contributed by atoms with Crippen molar-refractivity contribution in [3.63, 3.8) is 0 Å². The topological polar surface area (TPSA) is 138 Å².